The van der Waals surface area contributed by atoms with Gasteiger partial charge in [-0.3, -0.25) is 4.79 Å². The number of hydrogen-bond acceptors (Lipinski definition) is 6. The first-order valence-electron chi connectivity index (χ1n) is 8.10. The van der Waals surface area contributed by atoms with Gasteiger partial charge in [0.25, 0.3) is 0 Å². The van der Waals surface area contributed by atoms with Crippen LogP contribution in [0.1, 0.15) is 23.6 Å². The number of amides is 1. The molecule has 130 valence electrons. The van der Waals surface area contributed by atoms with Gasteiger partial charge < -0.3 is 15.5 Å². The Balaban J connectivity index is 1.48. The number of aryl methyl sites for hydroxylation is 2. The van der Waals surface area contributed by atoms with Gasteiger partial charge in [-0.05, 0) is 31.9 Å². The fourth-order valence-electron chi connectivity index (χ4n) is 2.45. The molecule has 0 aliphatic carbocycles. The lowest BCUT2D eigenvalue weighted by Crippen LogP contribution is -2.26. The van der Waals surface area contributed by atoms with E-state index >= 15 is 0 Å². The van der Waals surface area contributed by atoms with Crippen LogP contribution in [0.2, 0.25) is 0 Å². The molecular weight excluding hydrogens is 336 g/mol. The Kier molecular flexibility index (Phi) is 5.45. The van der Waals surface area contributed by atoms with Crippen LogP contribution in [0.4, 0.5) is 5.13 Å². The molecule has 0 aliphatic heterocycles. The molecule has 0 saturated heterocycles. The molecule has 7 heteroatoms. The van der Waals surface area contributed by atoms with Crippen molar-refractivity contribution in [1.29, 1.82) is 0 Å². The van der Waals surface area contributed by atoms with Crippen molar-refractivity contribution >= 4 is 22.4 Å². The van der Waals surface area contributed by atoms with Gasteiger partial charge in [-0.15, -0.1) is 11.3 Å². The molecule has 1 amide bonds. The lowest BCUT2D eigenvalue weighted by Gasteiger charge is -2.03. The third-order valence-corrected chi connectivity index (χ3v) is 4.47. The van der Waals surface area contributed by atoms with Crippen molar-refractivity contribution < 1.29 is 9.21 Å². The predicted octanol–water partition coefficient (Wildman–Crippen LogP) is 2.98. The summed E-state index contributed by atoms with van der Waals surface area (Å²) in [4.78, 5) is 20.7. The number of carbonyl (C=O) groups excluding carboxylic acids is 1. The highest BCUT2D eigenvalue weighted by atomic mass is 32.1. The molecule has 0 bridgehead atoms. The third kappa shape index (κ3) is 4.67. The monoisotopic (exact) mass is 356 g/mol. The molecule has 3 N–H and O–H groups in total. The summed E-state index contributed by atoms with van der Waals surface area (Å²) in [7, 11) is 0. The summed E-state index contributed by atoms with van der Waals surface area (Å²) in [6, 6.07) is 9.66. The second-order valence-electron chi connectivity index (χ2n) is 5.70. The van der Waals surface area contributed by atoms with Gasteiger partial charge in [-0.25, -0.2) is 9.97 Å². The number of nitrogen functional groups attached to an aromatic ring is 1. The number of thiazole rings is 1. The van der Waals surface area contributed by atoms with Gasteiger partial charge in [0.2, 0.25) is 11.8 Å². The van der Waals surface area contributed by atoms with E-state index < -0.39 is 0 Å². The van der Waals surface area contributed by atoms with Crippen molar-refractivity contribution in [1.82, 2.24) is 15.3 Å². The van der Waals surface area contributed by atoms with E-state index in [0.717, 1.165) is 24.1 Å². The van der Waals surface area contributed by atoms with Crippen LogP contribution in [0.15, 0.2) is 40.1 Å². The zero-order chi connectivity index (χ0) is 17.6. The average Bonchev–Trinajstić information content (AvgIpc) is 3.19. The lowest BCUT2D eigenvalue weighted by atomic mass is 10.2. The summed E-state index contributed by atoms with van der Waals surface area (Å²) >= 11 is 1.43. The first-order valence-corrected chi connectivity index (χ1v) is 8.98. The minimum Gasteiger partial charge on any atom is -0.441 e. The molecule has 0 radical (unpaired) electrons. The molecular formula is C18H20N4O2S. The van der Waals surface area contributed by atoms with Gasteiger partial charge in [0.15, 0.2) is 5.13 Å². The number of anilines is 1. The lowest BCUT2D eigenvalue weighted by molar-refractivity contribution is -0.120. The highest BCUT2D eigenvalue weighted by Gasteiger charge is 2.14. The Morgan fingerprint density at radius 3 is 2.80 bits per heavy atom. The molecule has 0 fully saturated rings. The molecule has 0 atom stereocenters. The van der Waals surface area contributed by atoms with E-state index in [1.54, 1.807) is 0 Å². The van der Waals surface area contributed by atoms with Gasteiger partial charge >= 0.3 is 0 Å². The van der Waals surface area contributed by atoms with Crippen LogP contribution >= 0.6 is 11.3 Å². The minimum absolute atomic E-state index is 0.0613. The first-order chi connectivity index (χ1) is 12.1. The standard InChI is InChI=1S/C18H20N4O2S/c1-12-15(22-17(24-12)13-6-3-2-4-7-13)10-16(23)20-9-5-8-14-11-25-18(19)21-14/h2-4,6-7,11H,5,8-10H2,1H3,(H2,19,21)(H,20,23). The molecule has 0 unspecified atom stereocenters. The number of rotatable bonds is 7. The Morgan fingerprint density at radius 2 is 2.08 bits per heavy atom. The molecule has 3 aromatic rings. The van der Waals surface area contributed by atoms with Gasteiger partial charge in [-0.1, -0.05) is 18.2 Å². The van der Waals surface area contributed by atoms with Crippen LogP contribution in [0.5, 0.6) is 0 Å². The van der Waals surface area contributed by atoms with E-state index in [2.05, 4.69) is 15.3 Å². The Bertz CT molecular complexity index is 842. The summed E-state index contributed by atoms with van der Waals surface area (Å²) in [5.41, 5.74) is 8.14. The highest BCUT2D eigenvalue weighted by Crippen LogP contribution is 2.21. The number of benzene rings is 1. The molecule has 0 aliphatic rings. The molecule has 6 nitrogen and oxygen atoms in total. The number of oxazole rings is 1. The van der Waals surface area contributed by atoms with Crippen molar-refractivity contribution in [2.75, 3.05) is 12.3 Å². The first kappa shape index (κ1) is 17.2. The molecule has 1 aromatic carbocycles. The van der Waals surface area contributed by atoms with Gasteiger partial charge in [0.1, 0.15) is 5.76 Å². The predicted molar refractivity (Wildman–Crippen MR) is 98.2 cm³/mol. The Morgan fingerprint density at radius 1 is 1.28 bits per heavy atom. The number of nitrogens with zero attached hydrogens (tertiary/aromatic N) is 2. The topological polar surface area (TPSA) is 94.0 Å². The van der Waals surface area contributed by atoms with Crippen molar-refractivity contribution in [3.05, 3.63) is 52.9 Å². The molecule has 25 heavy (non-hydrogen) atoms. The normalized spacial score (nSPS) is 10.8. The summed E-state index contributed by atoms with van der Waals surface area (Å²) in [5.74, 6) is 1.16. The average molecular weight is 356 g/mol. The number of carbonyl (C=O) groups is 1. The zero-order valence-corrected chi connectivity index (χ0v) is 14.8. The summed E-state index contributed by atoms with van der Waals surface area (Å²) in [6.07, 6.45) is 1.84. The zero-order valence-electron chi connectivity index (χ0n) is 14.0. The SMILES string of the molecule is Cc1oc(-c2ccccc2)nc1CC(=O)NCCCc1csc(N)n1. The summed E-state index contributed by atoms with van der Waals surface area (Å²) < 4.78 is 5.68. The van der Waals surface area contributed by atoms with Crippen LogP contribution < -0.4 is 11.1 Å². The molecule has 3 rings (SSSR count). The van der Waals surface area contributed by atoms with Crippen LogP contribution in [0.25, 0.3) is 11.5 Å². The van der Waals surface area contributed by atoms with Crippen molar-refractivity contribution in [2.45, 2.75) is 26.2 Å². The number of hydrogen-bond donors (Lipinski definition) is 2. The van der Waals surface area contributed by atoms with Crippen LogP contribution in [-0.2, 0) is 17.6 Å². The van der Waals surface area contributed by atoms with E-state index in [0.29, 0.717) is 29.0 Å². The maximum atomic E-state index is 12.1. The third-order valence-electron chi connectivity index (χ3n) is 3.74. The second-order valence-corrected chi connectivity index (χ2v) is 6.58. The van der Waals surface area contributed by atoms with E-state index in [4.69, 9.17) is 10.2 Å². The van der Waals surface area contributed by atoms with Crippen LogP contribution in [-0.4, -0.2) is 22.4 Å². The number of nitrogens with two attached hydrogens (primary N) is 1. The van der Waals surface area contributed by atoms with Crippen molar-refractivity contribution in [2.24, 2.45) is 0 Å². The Labute approximate surface area is 150 Å². The van der Waals surface area contributed by atoms with Crippen molar-refractivity contribution in [3.8, 4) is 11.5 Å². The minimum atomic E-state index is -0.0613. The molecule has 0 saturated carbocycles. The van der Waals surface area contributed by atoms with Gasteiger partial charge in [0.05, 0.1) is 17.8 Å². The summed E-state index contributed by atoms with van der Waals surface area (Å²) in [6.45, 7) is 2.42. The fraction of sp³-hybridized carbons (Fsp3) is 0.278. The Hall–Kier alpha value is -2.67. The maximum Gasteiger partial charge on any atom is 0.226 e. The van der Waals surface area contributed by atoms with E-state index in [1.165, 1.54) is 11.3 Å². The van der Waals surface area contributed by atoms with E-state index in [1.807, 2.05) is 42.6 Å². The highest BCUT2D eigenvalue weighted by molar-refractivity contribution is 7.13. The maximum absolute atomic E-state index is 12.1. The second kappa shape index (κ2) is 7.94. The quantitative estimate of drug-likeness (QED) is 0.635. The summed E-state index contributed by atoms with van der Waals surface area (Å²) in [5, 5.41) is 5.43. The van der Waals surface area contributed by atoms with Gasteiger partial charge in [0, 0.05) is 17.5 Å². The van der Waals surface area contributed by atoms with Crippen LogP contribution in [0, 0.1) is 6.92 Å². The molecule has 2 aromatic heterocycles. The number of nitrogens with one attached hydrogen (secondary N) is 1. The molecule has 0 spiro atoms. The van der Waals surface area contributed by atoms with Crippen LogP contribution in [0.3, 0.4) is 0 Å². The van der Waals surface area contributed by atoms with Crippen molar-refractivity contribution in [3.63, 3.8) is 0 Å². The van der Waals surface area contributed by atoms with Gasteiger partial charge in [-0.2, -0.15) is 0 Å². The number of aromatic nitrogens is 2. The smallest absolute Gasteiger partial charge is 0.226 e. The largest absolute Gasteiger partial charge is 0.441 e. The van der Waals surface area contributed by atoms with E-state index in [-0.39, 0.29) is 12.3 Å². The van der Waals surface area contributed by atoms with E-state index in [9.17, 15) is 4.79 Å². The molecule has 2 heterocycles. The fourth-order valence-corrected chi connectivity index (χ4v) is 3.04.